The second-order valence-electron chi connectivity index (χ2n) is 25.9. The Labute approximate surface area is 508 Å². The van der Waals surface area contributed by atoms with E-state index in [-0.39, 0.29) is 31.1 Å². The van der Waals surface area contributed by atoms with Crippen molar-refractivity contribution >= 4 is 17.9 Å². The Bertz CT molecular complexity index is 1220. The minimum absolute atomic E-state index is 0.0608. The third-order valence-corrected chi connectivity index (χ3v) is 17.6. The lowest BCUT2D eigenvalue weighted by Gasteiger charge is -2.18. The molecule has 0 spiro atoms. The zero-order chi connectivity index (χ0) is 58.5. The molecule has 0 aliphatic rings. The molecule has 6 heteroatoms. The number of esters is 3. The van der Waals surface area contributed by atoms with Gasteiger partial charge in [0.1, 0.15) is 13.2 Å². The van der Waals surface area contributed by atoms with Gasteiger partial charge in [-0.3, -0.25) is 14.4 Å². The minimum atomic E-state index is -0.762. The van der Waals surface area contributed by atoms with Gasteiger partial charge in [0.05, 0.1) is 0 Å². The van der Waals surface area contributed by atoms with Crippen molar-refractivity contribution < 1.29 is 28.6 Å². The van der Waals surface area contributed by atoms with Crippen molar-refractivity contribution in [3.8, 4) is 0 Å². The van der Waals surface area contributed by atoms with Crippen LogP contribution in [0.1, 0.15) is 445 Å². The van der Waals surface area contributed by atoms with Crippen molar-refractivity contribution in [1.82, 2.24) is 0 Å². The van der Waals surface area contributed by atoms with Crippen LogP contribution in [0.15, 0.2) is 0 Å². The zero-order valence-corrected chi connectivity index (χ0v) is 55.6. The van der Waals surface area contributed by atoms with Gasteiger partial charge in [-0.1, -0.05) is 406 Å². The van der Waals surface area contributed by atoms with E-state index in [0.717, 1.165) is 57.8 Å². The van der Waals surface area contributed by atoms with E-state index in [2.05, 4.69) is 20.8 Å². The third kappa shape index (κ3) is 69.1. The average molecular weight is 1140 g/mol. The summed E-state index contributed by atoms with van der Waals surface area (Å²) in [6.45, 7) is 6.72. The molecule has 0 aliphatic carbocycles. The molecular formula is C75H146O6. The van der Waals surface area contributed by atoms with Gasteiger partial charge in [-0.25, -0.2) is 0 Å². The summed E-state index contributed by atoms with van der Waals surface area (Å²) in [5.41, 5.74) is 0. The summed E-state index contributed by atoms with van der Waals surface area (Å²) >= 11 is 0. The van der Waals surface area contributed by atoms with Crippen LogP contribution in [0.5, 0.6) is 0 Å². The highest BCUT2D eigenvalue weighted by molar-refractivity contribution is 5.71. The van der Waals surface area contributed by atoms with E-state index >= 15 is 0 Å². The van der Waals surface area contributed by atoms with Crippen LogP contribution >= 0.6 is 0 Å². The van der Waals surface area contributed by atoms with Crippen LogP contribution < -0.4 is 0 Å². The molecule has 482 valence electrons. The van der Waals surface area contributed by atoms with Crippen LogP contribution in [-0.4, -0.2) is 37.2 Å². The van der Waals surface area contributed by atoms with Gasteiger partial charge in [0.15, 0.2) is 6.10 Å². The maximum atomic E-state index is 12.9. The number of carbonyl (C=O) groups is 3. The summed E-state index contributed by atoms with van der Waals surface area (Å²) in [5, 5.41) is 0. The molecule has 0 radical (unpaired) electrons. The Morgan fingerprint density at radius 2 is 0.333 bits per heavy atom. The Balaban J connectivity index is 3.95. The molecule has 0 rings (SSSR count). The van der Waals surface area contributed by atoms with E-state index < -0.39 is 6.10 Å². The van der Waals surface area contributed by atoms with E-state index in [0.29, 0.717) is 19.3 Å². The minimum Gasteiger partial charge on any atom is -0.462 e. The highest BCUT2D eigenvalue weighted by Gasteiger charge is 2.20. The quantitative estimate of drug-likeness (QED) is 0.0343. The molecule has 0 aromatic heterocycles. The first kappa shape index (κ1) is 79.4. The largest absolute Gasteiger partial charge is 0.462 e. The van der Waals surface area contributed by atoms with Crippen molar-refractivity contribution in [1.29, 1.82) is 0 Å². The molecule has 0 aromatic carbocycles. The summed E-state index contributed by atoms with van der Waals surface area (Å²) < 4.78 is 17.0. The van der Waals surface area contributed by atoms with E-state index in [1.807, 2.05) is 0 Å². The van der Waals surface area contributed by atoms with Gasteiger partial charge in [-0.05, 0) is 19.3 Å². The standard InChI is InChI=1S/C75H146O6/c1-4-7-10-13-16-19-21-23-25-27-29-30-31-32-33-34-35-36-37-38-39-40-41-42-43-44-46-47-49-51-53-56-59-62-65-68-74(77)80-71-72(70-79-73(76)67-64-61-58-55-18-15-12-9-6-3)81-75(78)69-66-63-60-57-54-52-50-48-45-28-26-24-22-20-17-14-11-8-5-2/h72H,4-71H2,1-3H3. The predicted octanol–water partition coefficient (Wildman–Crippen LogP) is 25.8. The molecule has 81 heavy (non-hydrogen) atoms. The van der Waals surface area contributed by atoms with Crippen molar-refractivity contribution in [3.63, 3.8) is 0 Å². The van der Waals surface area contributed by atoms with E-state index in [1.165, 1.54) is 347 Å². The highest BCUT2D eigenvalue weighted by atomic mass is 16.6. The molecule has 0 amide bonds. The van der Waals surface area contributed by atoms with Gasteiger partial charge in [0.25, 0.3) is 0 Å². The van der Waals surface area contributed by atoms with Crippen LogP contribution in [0.2, 0.25) is 0 Å². The number of rotatable bonds is 71. The summed E-state index contributed by atoms with van der Waals surface area (Å²) in [7, 11) is 0. The van der Waals surface area contributed by atoms with Crippen molar-refractivity contribution in [2.45, 2.75) is 451 Å². The lowest BCUT2D eigenvalue weighted by molar-refractivity contribution is -0.167. The van der Waals surface area contributed by atoms with Crippen LogP contribution in [-0.2, 0) is 28.6 Å². The molecular weight excluding hydrogens is 997 g/mol. The Kier molecular flexibility index (Phi) is 69.5. The number of carbonyl (C=O) groups excluding carboxylic acids is 3. The second-order valence-corrected chi connectivity index (χ2v) is 25.9. The van der Waals surface area contributed by atoms with E-state index in [9.17, 15) is 14.4 Å². The average Bonchev–Trinajstić information content (AvgIpc) is 3.47. The Morgan fingerprint density at radius 3 is 0.494 bits per heavy atom. The predicted molar refractivity (Wildman–Crippen MR) is 354 cm³/mol. The lowest BCUT2D eigenvalue weighted by atomic mass is 10.0. The highest BCUT2D eigenvalue weighted by Crippen LogP contribution is 2.20. The normalized spacial score (nSPS) is 11.9. The van der Waals surface area contributed by atoms with Crippen LogP contribution in [0.25, 0.3) is 0 Å². The first-order valence-corrected chi connectivity index (χ1v) is 37.5. The molecule has 0 saturated heterocycles. The molecule has 0 bridgehead atoms. The molecule has 0 saturated carbocycles. The molecule has 0 fully saturated rings. The molecule has 0 heterocycles. The SMILES string of the molecule is CCCCCCCCCCCCCCCCCCCCCCCCCCCCCCCCCCCCCC(=O)OCC(COC(=O)CCCCCCCCCCC)OC(=O)CCCCCCCCCCCCCCCCCCCCC. The zero-order valence-electron chi connectivity index (χ0n) is 55.6. The monoisotopic (exact) mass is 1140 g/mol. The summed E-state index contributed by atoms with van der Waals surface area (Å²) in [4.78, 5) is 38.3. The second kappa shape index (κ2) is 70.9. The van der Waals surface area contributed by atoms with E-state index in [4.69, 9.17) is 14.2 Å². The smallest absolute Gasteiger partial charge is 0.306 e. The first-order valence-electron chi connectivity index (χ1n) is 37.5. The number of hydrogen-bond acceptors (Lipinski definition) is 6. The Morgan fingerprint density at radius 1 is 0.198 bits per heavy atom. The van der Waals surface area contributed by atoms with Crippen LogP contribution in [0.4, 0.5) is 0 Å². The maximum Gasteiger partial charge on any atom is 0.306 e. The van der Waals surface area contributed by atoms with Gasteiger partial charge in [-0.15, -0.1) is 0 Å². The Hall–Kier alpha value is -1.59. The van der Waals surface area contributed by atoms with Crippen molar-refractivity contribution in [2.75, 3.05) is 13.2 Å². The fraction of sp³-hybridized carbons (Fsp3) is 0.960. The fourth-order valence-electron chi connectivity index (χ4n) is 12.0. The summed E-state index contributed by atoms with van der Waals surface area (Å²) in [6, 6.07) is 0. The first-order chi connectivity index (χ1) is 40.0. The van der Waals surface area contributed by atoms with Crippen molar-refractivity contribution in [3.05, 3.63) is 0 Å². The number of unbranched alkanes of at least 4 members (excludes halogenated alkanes) is 60. The summed E-state index contributed by atoms with van der Waals surface area (Å²) in [6.07, 6.45) is 84.7. The lowest BCUT2D eigenvalue weighted by Crippen LogP contribution is -2.30. The molecule has 1 atom stereocenters. The van der Waals surface area contributed by atoms with Gasteiger partial charge in [0, 0.05) is 19.3 Å². The van der Waals surface area contributed by atoms with E-state index in [1.54, 1.807) is 0 Å². The number of ether oxygens (including phenoxy) is 3. The van der Waals surface area contributed by atoms with Gasteiger partial charge < -0.3 is 14.2 Å². The summed E-state index contributed by atoms with van der Waals surface area (Å²) in [5.74, 6) is -0.826. The molecule has 6 nitrogen and oxygen atoms in total. The molecule has 0 N–H and O–H groups in total. The van der Waals surface area contributed by atoms with Gasteiger partial charge >= 0.3 is 17.9 Å². The van der Waals surface area contributed by atoms with Gasteiger partial charge in [0.2, 0.25) is 0 Å². The third-order valence-electron chi connectivity index (χ3n) is 17.6. The van der Waals surface area contributed by atoms with Gasteiger partial charge in [-0.2, -0.15) is 0 Å². The van der Waals surface area contributed by atoms with Crippen LogP contribution in [0.3, 0.4) is 0 Å². The number of hydrogen-bond donors (Lipinski definition) is 0. The van der Waals surface area contributed by atoms with Crippen molar-refractivity contribution in [2.24, 2.45) is 0 Å². The topological polar surface area (TPSA) is 78.9 Å². The molecule has 1 unspecified atom stereocenters. The van der Waals surface area contributed by atoms with Crippen LogP contribution in [0, 0.1) is 0 Å². The maximum absolute atomic E-state index is 12.9. The fourth-order valence-corrected chi connectivity index (χ4v) is 12.0. The molecule has 0 aliphatic heterocycles. The molecule has 0 aromatic rings.